The van der Waals surface area contributed by atoms with E-state index >= 15 is 0 Å². The SMILES string of the molecule is C#CCn1cc(-c2cnc3c(Nc4ccc(C(=O)N5CCN(C(=O)[C@H](C)N)CC5)c(CC)c4)nccn23)c(C(F)F)n1. The van der Waals surface area contributed by atoms with E-state index in [1.807, 2.05) is 13.0 Å². The van der Waals surface area contributed by atoms with E-state index in [4.69, 9.17) is 12.2 Å². The molecule has 1 aromatic carbocycles. The highest BCUT2D eigenvalue weighted by Crippen LogP contribution is 2.32. The summed E-state index contributed by atoms with van der Waals surface area (Å²) in [5, 5.41) is 7.20. The lowest BCUT2D eigenvalue weighted by Gasteiger charge is -2.35. The second-order valence-electron chi connectivity index (χ2n) is 10.00. The molecule has 1 fully saturated rings. The predicted octanol–water partition coefficient (Wildman–Crippen LogP) is 3.10. The van der Waals surface area contributed by atoms with Crippen LogP contribution in [0.4, 0.5) is 20.3 Å². The molecule has 0 saturated carbocycles. The summed E-state index contributed by atoms with van der Waals surface area (Å²) in [5.41, 5.74) is 8.54. The van der Waals surface area contributed by atoms with Crippen molar-refractivity contribution < 1.29 is 18.4 Å². The van der Waals surface area contributed by atoms with Crippen LogP contribution >= 0.6 is 0 Å². The van der Waals surface area contributed by atoms with E-state index in [2.05, 4.69) is 26.3 Å². The fourth-order valence-corrected chi connectivity index (χ4v) is 5.07. The Morgan fingerprint density at radius 2 is 1.90 bits per heavy atom. The molecule has 0 bridgehead atoms. The highest BCUT2D eigenvalue weighted by Gasteiger charge is 2.27. The molecule has 0 unspecified atom stereocenters. The summed E-state index contributed by atoms with van der Waals surface area (Å²) < 4.78 is 30.5. The van der Waals surface area contributed by atoms with Crippen molar-refractivity contribution in [1.82, 2.24) is 33.9 Å². The molecule has 0 radical (unpaired) electrons. The number of fused-ring (bicyclic) bond motifs is 1. The minimum atomic E-state index is -2.79. The number of terminal acetylenes is 1. The van der Waals surface area contributed by atoms with Crippen LogP contribution in [-0.2, 0) is 17.8 Å². The van der Waals surface area contributed by atoms with Gasteiger partial charge in [-0.2, -0.15) is 5.10 Å². The van der Waals surface area contributed by atoms with Crippen LogP contribution in [0.15, 0.2) is 43.0 Å². The first kappa shape index (κ1) is 28.7. The summed E-state index contributed by atoms with van der Waals surface area (Å²) in [7, 11) is 0. The largest absolute Gasteiger partial charge is 0.338 e. The molecule has 4 aromatic rings. The maximum atomic E-state index is 13.8. The third kappa shape index (κ3) is 5.53. The van der Waals surface area contributed by atoms with Crippen molar-refractivity contribution in [2.75, 3.05) is 31.5 Å². The standard InChI is InChI=1S/C29H31F2N9O2/c1-4-9-39-17-22(24(36-39)25(30)31)23-16-34-27-26(33-8-10-40(23)27)35-20-6-7-21(19(5-2)15-20)29(42)38-13-11-37(12-14-38)28(41)18(3)32/h1,6-8,10,15-18,25H,5,9,11-14,32H2,2-3H3,(H,33,35)/t18-/m0/s1. The van der Waals surface area contributed by atoms with Crippen molar-refractivity contribution in [2.24, 2.45) is 5.73 Å². The number of hydrogen-bond acceptors (Lipinski definition) is 7. The number of rotatable bonds is 8. The first-order valence-electron chi connectivity index (χ1n) is 13.6. The van der Waals surface area contributed by atoms with E-state index in [0.29, 0.717) is 61.0 Å². The average Bonchev–Trinajstić information content (AvgIpc) is 3.61. The molecule has 2 amide bonds. The van der Waals surface area contributed by atoms with Crippen molar-refractivity contribution in [1.29, 1.82) is 0 Å². The number of imidazole rings is 1. The lowest BCUT2D eigenvalue weighted by molar-refractivity contribution is -0.133. The zero-order valence-corrected chi connectivity index (χ0v) is 23.3. The number of piperazine rings is 1. The van der Waals surface area contributed by atoms with E-state index in [1.165, 1.54) is 17.1 Å². The number of nitrogens with one attached hydrogen (secondary N) is 1. The molecule has 11 nitrogen and oxygen atoms in total. The fourth-order valence-electron chi connectivity index (χ4n) is 5.07. The number of halogens is 2. The lowest BCUT2D eigenvalue weighted by atomic mass is 10.0. The van der Waals surface area contributed by atoms with Gasteiger partial charge in [-0.1, -0.05) is 12.8 Å². The number of carbonyl (C=O) groups excluding carboxylic acids is 2. The van der Waals surface area contributed by atoms with Crippen LogP contribution in [-0.4, -0.2) is 78.0 Å². The Bertz CT molecular complexity index is 1660. The van der Waals surface area contributed by atoms with Crippen LogP contribution in [0.2, 0.25) is 0 Å². The number of aromatic nitrogens is 5. The molecular weight excluding hydrogens is 544 g/mol. The molecule has 1 saturated heterocycles. The van der Waals surface area contributed by atoms with Crippen LogP contribution in [0.3, 0.4) is 0 Å². The number of amides is 2. The molecule has 218 valence electrons. The Morgan fingerprint density at radius 1 is 1.17 bits per heavy atom. The number of benzene rings is 1. The molecule has 5 rings (SSSR count). The highest BCUT2D eigenvalue weighted by atomic mass is 19.3. The molecule has 42 heavy (non-hydrogen) atoms. The van der Waals surface area contributed by atoms with Crippen molar-refractivity contribution >= 4 is 29.0 Å². The zero-order chi connectivity index (χ0) is 30.0. The first-order chi connectivity index (χ1) is 20.2. The Morgan fingerprint density at radius 3 is 2.57 bits per heavy atom. The number of carbonyl (C=O) groups is 2. The topological polar surface area (TPSA) is 127 Å². The maximum absolute atomic E-state index is 13.8. The lowest BCUT2D eigenvalue weighted by Crippen LogP contribution is -2.53. The number of nitrogens with zero attached hydrogens (tertiary/aromatic N) is 7. The normalized spacial score (nSPS) is 14.3. The van der Waals surface area contributed by atoms with Crippen LogP contribution in [0.25, 0.3) is 16.9 Å². The van der Waals surface area contributed by atoms with Gasteiger partial charge in [-0.3, -0.25) is 18.7 Å². The minimum Gasteiger partial charge on any atom is -0.338 e. The first-order valence-corrected chi connectivity index (χ1v) is 13.6. The van der Waals surface area contributed by atoms with Gasteiger partial charge < -0.3 is 20.9 Å². The second kappa shape index (κ2) is 12.0. The summed E-state index contributed by atoms with van der Waals surface area (Å²) in [4.78, 5) is 37.9. The average molecular weight is 576 g/mol. The Hall–Kier alpha value is -4.83. The van der Waals surface area contributed by atoms with Gasteiger partial charge in [-0.15, -0.1) is 6.42 Å². The van der Waals surface area contributed by atoms with Gasteiger partial charge in [0.1, 0.15) is 12.2 Å². The number of anilines is 2. The van der Waals surface area contributed by atoms with E-state index in [0.717, 1.165) is 5.56 Å². The Kier molecular flexibility index (Phi) is 8.17. The predicted molar refractivity (Wildman–Crippen MR) is 153 cm³/mol. The van der Waals surface area contributed by atoms with Gasteiger partial charge in [-0.25, -0.2) is 18.7 Å². The van der Waals surface area contributed by atoms with E-state index in [9.17, 15) is 18.4 Å². The van der Waals surface area contributed by atoms with Gasteiger partial charge in [0, 0.05) is 61.6 Å². The van der Waals surface area contributed by atoms with Gasteiger partial charge in [0.25, 0.3) is 12.3 Å². The van der Waals surface area contributed by atoms with Crippen molar-refractivity contribution in [3.8, 4) is 23.6 Å². The zero-order valence-electron chi connectivity index (χ0n) is 23.3. The molecule has 0 spiro atoms. The summed E-state index contributed by atoms with van der Waals surface area (Å²) in [6, 6.07) is 4.88. The summed E-state index contributed by atoms with van der Waals surface area (Å²) in [6.07, 6.45) is 9.31. The Balaban J connectivity index is 1.37. The van der Waals surface area contributed by atoms with Crippen LogP contribution < -0.4 is 11.1 Å². The molecular formula is C29H31F2N9O2. The quantitative estimate of drug-likeness (QED) is 0.309. The van der Waals surface area contributed by atoms with Crippen molar-refractivity contribution in [3.05, 3.63) is 59.8 Å². The molecule has 3 N–H and O–H groups in total. The Labute approximate surface area is 241 Å². The van der Waals surface area contributed by atoms with E-state index in [-0.39, 0.29) is 29.6 Å². The number of alkyl halides is 2. The molecule has 4 heterocycles. The summed E-state index contributed by atoms with van der Waals surface area (Å²) >= 11 is 0. The smallest absolute Gasteiger partial charge is 0.282 e. The van der Waals surface area contributed by atoms with Crippen LogP contribution in [0.5, 0.6) is 0 Å². The number of aryl methyl sites for hydroxylation is 1. The van der Waals surface area contributed by atoms with Gasteiger partial charge in [0.05, 0.1) is 17.9 Å². The molecule has 1 aliphatic heterocycles. The third-order valence-corrected chi connectivity index (χ3v) is 7.20. The van der Waals surface area contributed by atoms with Gasteiger partial charge in [0.15, 0.2) is 11.5 Å². The van der Waals surface area contributed by atoms with Crippen LogP contribution in [0.1, 0.15) is 41.9 Å². The number of nitrogens with two attached hydrogens (primary N) is 1. The molecule has 13 heteroatoms. The minimum absolute atomic E-state index is 0.0620. The molecule has 0 aliphatic carbocycles. The van der Waals surface area contributed by atoms with Crippen molar-refractivity contribution in [2.45, 2.75) is 39.3 Å². The maximum Gasteiger partial charge on any atom is 0.282 e. The summed E-state index contributed by atoms with van der Waals surface area (Å²) in [5.74, 6) is 2.60. The van der Waals surface area contributed by atoms with E-state index < -0.39 is 12.5 Å². The molecule has 1 atom stereocenters. The monoisotopic (exact) mass is 575 g/mol. The van der Waals surface area contributed by atoms with Gasteiger partial charge >= 0.3 is 0 Å². The second-order valence-corrected chi connectivity index (χ2v) is 10.00. The van der Waals surface area contributed by atoms with Gasteiger partial charge in [-0.05, 0) is 37.1 Å². The van der Waals surface area contributed by atoms with Crippen LogP contribution in [0, 0.1) is 12.3 Å². The number of hydrogen-bond donors (Lipinski definition) is 2. The molecule has 3 aromatic heterocycles. The van der Waals surface area contributed by atoms with Crippen molar-refractivity contribution in [3.63, 3.8) is 0 Å². The molecule has 1 aliphatic rings. The fraction of sp³-hybridized carbons (Fsp3) is 0.345. The highest BCUT2D eigenvalue weighted by molar-refractivity contribution is 5.96. The third-order valence-electron chi connectivity index (χ3n) is 7.20. The van der Waals surface area contributed by atoms with Gasteiger partial charge in [0.2, 0.25) is 5.91 Å². The summed E-state index contributed by atoms with van der Waals surface area (Å²) in [6.45, 7) is 5.44. The van der Waals surface area contributed by atoms with E-state index in [1.54, 1.807) is 45.7 Å².